The van der Waals surface area contributed by atoms with Crippen LogP contribution in [0.1, 0.15) is 45.8 Å². The van der Waals surface area contributed by atoms with Crippen LogP contribution in [-0.2, 0) is 30.5 Å². The third-order valence-corrected chi connectivity index (χ3v) is 7.09. The van der Waals surface area contributed by atoms with Crippen LogP contribution in [0.25, 0.3) is 0 Å². The zero-order valence-electron chi connectivity index (χ0n) is 24.2. The van der Waals surface area contributed by atoms with E-state index < -0.39 is 60.6 Å². The molecule has 0 spiro atoms. The number of rotatable bonds is 11. The highest BCUT2D eigenvalue weighted by atomic mass is 32.1. The quantitative estimate of drug-likeness (QED) is 0.0641. The molecule has 264 valence electrons. The van der Waals surface area contributed by atoms with E-state index >= 15 is 0 Å². The summed E-state index contributed by atoms with van der Waals surface area (Å²) >= 11 is 1.24. The lowest BCUT2D eigenvalue weighted by molar-refractivity contribution is -0.193. The van der Waals surface area contributed by atoms with Gasteiger partial charge in [-0.25, -0.2) is 14.4 Å². The molecule has 2 heterocycles. The number of nitrogens with zero attached hydrogens (tertiary/aromatic N) is 1. The number of carboxylic acid groups (broad SMARTS) is 4. The van der Waals surface area contributed by atoms with Crippen LogP contribution in [0, 0.1) is 11.3 Å². The van der Waals surface area contributed by atoms with Crippen molar-refractivity contribution in [2.24, 2.45) is 11.7 Å². The number of amidine groups is 1. The van der Waals surface area contributed by atoms with Crippen molar-refractivity contribution < 1.29 is 80.3 Å². The normalized spacial score (nSPS) is 15.1. The molecule has 0 aliphatic carbocycles. The van der Waals surface area contributed by atoms with Crippen molar-refractivity contribution >= 4 is 52.8 Å². The molecule has 1 aromatic heterocycles. The summed E-state index contributed by atoms with van der Waals surface area (Å²) in [5.41, 5.74) is 5.93. The number of hydrogen-bond donors (Lipinski definition) is 6. The van der Waals surface area contributed by atoms with E-state index in [1.807, 2.05) is 4.90 Å². The van der Waals surface area contributed by atoms with Crippen LogP contribution in [0.4, 0.5) is 26.3 Å². The fraction of sp³-hybridized carbons (Fsp3) is 0.370. The van der Waals surface area contributed by atoms with Gasteiger partial charge in [0.25, 0.3) is 0 Å². The summed E-state index contributed by atoms with van der Waals surface area (Å²) in [5, 5.41) is 39.8. The van der Waals surface area contributed by atoms with E-state index in [9.17, 15) is 50.6 Å². The fourth-order valence-corrected chi connectivity index (χ4v) is 4.76. The first kappa shape index (κ1) is 41.0. The number of halogens is 6. The molecule has 0 saturated carbocycles. The summed E-state index contributed by atoms with van der Waals surface area (Å²) in [6, 6.07) is 9.22. The number of ketones is 1. The molecular formula is C27H27F6N3O11S. The van der Waals surface area contributed by atoms with E-state index in [0.717, 1.165) is 11.3 Å². The van der Waals surface area contributed by atoms with Gasteiger partial charge in [-0.05, 0) is 55.8 Å². The number of carboxylic acids is 4. The minimum Gasteiger partial charge on any atom is -0.481 e. The molecule has 1 aromatic carbocycles. The van der Waals surface area contributed by atoms with E-state index in [2.05, 4.69) is 0 Å². The third-order valence-electron chi connectivity index (χ3n) is 6.04. The topological polar surface area (TPSA) is 246 Å². The number of ether oxygens (including phenoxy) is 1. The predicted molar refractivity (Wildman–Crippen MR) is 151 cm³/mol. The highest BCUT2D eigenvalue weighted by Crippen LogP contribution is 2.27. The number of esters is 1. The van der Waals surface area contributed by atoms with Gasteiger partial charge in [-0.3, -0.25) is 24.7 Å². The monoisotopic (exact) mass is 715 g/mol. The van der Waals surface area contributed by atoms with Gasteiger partial charge in [0.1, 0.15) is 16.5 Å². The van der Waals surface area contributed by atoms with Crippen LogP contribution in [0.2, 0.25) is 0 Å². The summed E-state index contributed by atoms with van der Waals surface area (Å²) in [4.78, 5) is 68.4. The van der Waals surface area contributed by atoms with Crippen LogP contribution in [0.3, 0.4) is 0 Å². The Kier molecular flexibility index (Phi) is 15.2. The lowest BCUT2D eigenvalue weighted by Gasteiger charge is -2.23. The summed E-state index contributed by atoms with van der Waals surface area (Å²) in [6.07, 6.45) is -9.74. The van der Waals surface area contributed by atoms with Crippen molar-refractivity contribution in [3.63, 3.8) is 0 Å². The van der Waals surface area contributed by atoms with Crippen LogP contribution in [0.15, 0.2) is 36.4 Å². The molecule has 1 fully saturated rings. The van der Waals surface area contributed by atoms with E-state index in [1.54, 1.807) is 36.4 Å². The van der Waals surface area contributed by atoms with E-state index in [0.29, 0.717) is 35.7 Å². The Morgan fingerprint density at radius 2 is 1.42 bits per heavy atom. The Bertz CT molecular complexity index is 1470. The number of nitrogens with one attached hydrogen (secondary N) is 1. The third kappa shape index (κ3) is 14.2. The molecule has 1 aliphatic rings. The molecule has 3 rings (SSSR count). The zero-order chi connectivity index (χ0) is 37.0. The predicted octanol–water partition coefficient (Wildman–Crippen LogP) is 3.62. The molecular weight excluding hydrogens is 688 g/mol. The first-order valence-electron chi connectivity index (χ1n) is 13.1. The smallest absolute Gasteiger partial charge is 0.481 e. The Morgan fingerprint density at radius 3 is 1.85 bits per heavy atom. The van der Waals surface area contributed by atoms with Gasteiger partial charge in [0.2, 0.25) is 0 Å². The SMILES string of the molecule is N=C(N)c1ccc(OC(=O)c2ccc(CN3CCC[C@H]3C(=O)C[C@H](CC(=O)O)C(=O)O)s2)cc1.O=C(O)C(F)(F)F.O=C(O)C(F)(F)F. The number of nitrogen functional groups attached to an aromatic ring is 1. The number of benzene rings is 1. The number of carbonyl (C=O) groups excluding carboxylic acids is 2. The Morgan fingerprint density at radius 1 is 0.896 bits per heavy atom. The second-order valence-corrected chi connectivity index (χ2v) is 10.8. The van der Waals surface area contributed by atoms with Crippen molar-refractivity contribution in [3.8, 4) is 5.75 Å². The summed E-state index contributed by atoms with van der Waals surface area (Å²) < 4.78 is 68.8. The number of thiophene rings is 1. The van der Waals surface area contributed by atoms with Crippen molar-refractivity contribution in [2.45, 2.75) is 50.6 Å². The lowest BCUT2D eigenvalue weighted by Crippen LogP contribution is -2.37. The lowest BCUT2D eigenvalue weighted by atomic mass is 9.94. The number of likely N-dealkylation sites (tertiary alicyclic amines) is 1. The zero-order valence-corrected chi connectivity index (χ0v) is 25.0. The number of nitrogens with two attached hydrogens (primary N) is 1. The van der Waals surface area contributed by atoms with Crippen molar-refractivity contribution in [2.75, 3.05) is 6.54 Å². The van der Waals surface area contributed by atoms with Gasteiger partial charge < -0.3 is 30.9 Å². The standard InChI is InChI=1S/C23H25N3O7S.2C2HF3O2/c24-21(25)13-3-5-15(6-4-13)33-23(32)19-8-7-16(34-19)12-26-9-1-2-17(26)18(27)10-14(22(30)31)11-20(28)29;2*3-2(4,5)1(6)7/h3-8,14,17H,1-2,9-12H2,(H3,24,25)(H,28,29)(H,30,31);2*(H,6,7)/t14-,17+;;/m1../s1. The van der Waals surface area contributed by atoms with Crippen molar-refractivity contribution in [1.29, 1.82) is 5.41 Å². The number of alkyl halides is 6. The fourth-order valence-electron chi connectivity index (χ4n) is 3.85. The van der Waals surface area contributed by atoms with Gasteiger partial charge in [-0.1, -0.05) is 0 Å². The van der Waals surface area contributed by atoms with Crippen LogP contribution in [0.5, 0.6) is 5.75 Å². The summed E-state index contributed by atoms with van der Waals surface area (Å²) in [6.45, 7) is 1.06. The van der Waals surface area contributed by atoms with Gasteiger partial charge in [0.05, 0.1) is 18.4 Å². The molecule has 2 aromatic rings. The number of Topliss-reactive ketones (excluding diaryl/α,β-unsaturated/α-hetero) is 1. The molecule has 2 atom stereocenters. The second-order valence-electron chi connectivity index (χ2n) is 9.63. The van der Waals surface area contributed by atoms with Crippen molar-refractivity contribution in [1.82, 2.24) is 4.90 Å². The van der Waals surface area contributed by atoms with Crippen LogP contribution < -0.4 is 10.5 Å². The maximum atomic E-state index is 12.7. The second kappa shape index (κ2) is 17.8. The highest BCUT2D eigenvalue weighted by molar-refractivity contribution is 7.13. The van der Waals surface area contributed by atoms with Gasteiger partial charge in [0, 0.05) is 23.4 Å². The first-order chi connectivity index (χ1) is 22.0. The van der Waals surface area contributed by atoms with Crippen molar-refractivity contribution in [3.05, 3.63) is 51.7 Å². The minimum atomic E-state index is -5.08. The average molecular weight is 716 g/mol. The van der Waals surface area contributed by atoms with Gasteiger partial charge in [0.15, 0.2) is 5.78 Å². The van der Waals surface area contributed by atoms with Crippen LogP contribution in [-0.4, -0.2) is 91.7 Å². The molecule has 7 N–H and O–H groups in total. The Balaban J connectivity index is 0.000000687. The van der Waals surface area contributed by atoms with E-state index in [1.165, 1.54) is 11.3 Å². The van der Waals surface area contributed by atoms with Gasteiger partial charge in [-0.2, -0.15) is 26.3 Å². The molecule has 48 heavy (non-hydrogen) atoms. The first-order valence-corrected chi connectivity index (χ1v) is 13.9. The number of carbonyl (C=O) groups is 6. The maximum absolute atomic E-state index is 12.7. The minimum absolute atomic E-state index is 0.0835. The molecule has 0 radical (unpaired) electrons. The Labute approximate surface area is 269 Å². The molecule has 0 unspecified atom stereocenters. The summed E-state index contributed by atoms with van der Waals surface area (Å²) in [7, 11) is 0. The van der Waals surface area contributed by atoms with Crippen LogP contribution >= 0.6 is 11.3 Å². The molecule has 0 bridgehead atoms. The number of aliphatic carboxylic acids is 4. The van der Waals surface area contributed by atoms with Gasteiger partial charge in [-0.15, -0.1) is 11.3 Å². The van der Waals surface area contributed by atoms with E-state index in [-0.39, 0.29) is 18.0 Å². The molecule has 0 amide bonds. The average Bonchev–Trinajstić information content (AvgIpc) is 3.62. The van der Waals surface area contributed by atoms with Gasteiger partial charge >= 0.3 is 42.2 Å². The molecule has 14 nitrogen and oxygen atoms in total. The van der Waals surface area contributed by atoms with E-state index in [4.69, 9.17) is 40.8 Å². The maximum Gasteiger partial charge on any atom is 0.490 e. The number of hydrogen-bond acceptors (Lipinski definition) is 10. The molecule has 21 heteroatoms. The molecule has 1 saturated heterocycles. The largest absolute Gasteiger partial charge is 0.490 e. The highest BCUT2D eigenvalue weighted by Gasteiger charge is 2.39. The summed E-state index contributed by atoms with van der Waals surface area (Å²) in [5.74, 6) is -9.88. The molecule has 1 aliphatic heterocycles. The Hall–Kier alpha value is -5.05.